The van der Waals surface area contributed by atoms with Crippen molar-refractivity contribution in [2.75, 3.05) is 7.11 Å². The van der Waals surface area contributed by atoms with Gasteiger partial charge in [-0.1, -0.05) is 6.07 Å². The Bertz CT molecular complexity index is 643. The van der Waals surface area contributed by atoms with E-state index in [1.165, 1.54) is 25.3 Å². The summed E-state index contributed by atoms with van der Waals surface area (Å²) in [5.74, 6) is 0.761. The molecule has 0 fully saturated rings. The molecular weight excluding hydrogens is 272 g/mol. The van der Waals surface area contributed by atoms with Crippen molar-refractivity contribution in [1.82, 2.24) is 0 Å². The number of ether oxygens (including phenoxy) is 3. The highest BCUT2D eigenvalue weighted by atomic mass is 16.7. The van der Waals surface area contributed by atoms with Gasteiger partial charge in [0.2, 0.25) is 0 Å². The lowest BCUT2D eigenvalue weighted by atomic mass is 10.1. The summed E-state index contributed by atoms with van der Waals surface area (Å²) in [6.07, 6.45) is -0.871. The molecule has 5 nitrogen and oxygen atoms in total. The van der Waals surface area contributed by atoms with E-state index in [1.807, 2.05) is 19.9 Å². The molecule has 110 valence electrons. The lowest BCUT2D eigenvalue weighted by Crippen LogP contribution is -2.13. The predicted molar refractivity (Wildman–Crippen MR) is 77.2 cm³/mol. The highest BCUT2D eigenvalue weighted by molar-refractivity contribution is 5.67. The summed E-state index contributed by atoms with van der Waals surface area (Å²) in [5.41, 5.74) is 1.97. The van der Waals surface area contributed by atoms with Gasteiger partial charge in [0.25, 0.3) is 0 Å². The van der Waals surface area contributed by atoms with Crippen LogP contribution in [-0.4, -0.2) is 18.4 Å². The van der Waals surface area contributed by atoms with Gasteiger partial charge in [0.1, 0.15) is 11.5 Å². The summed E-state index contributed by atoms with van der Waals surface area (Å²) in [7, 11) is 1.43. The number of aromatic hydroxyl groups is 1. The van der Waals surface area contributed by atoms with Crippen LogP contribution in [0.3, 0.4) is 0 Å². The molecule has 0 atom stereocenters. The number of phenolic OH excluding ortho intramolecular Hbond substituents is 1. The maximum absolute atomic E-state index is 11.7. The number of hydrogen-bond acceptors (Lipinski definition) is 5. The van der Waals surface area contributed by atoms with Gasteiger partial charge in [-0.2, -0.15) is 0 Å². The number of carbonyl (C=O) groups is 1. The smallest absolute Gasteiger partial charge is 0.504 e. The second-order valence-electron chi connectivity index (χ2n) is 4.61. The molecule has 0 saturated heterocycles. The van der Waals surface area contributed by atoms with Crippen LogP contribution in [0.1, 0.15) is 11.1 Å². The normalized spacial score (nSPS) is 10.0. The topological polar surface area (TPSA) is 65.0 Å². The van der Waals surface area contributed by atoms with Crippen molar-refractivity contribution in [3.63, 3.8) is 0 Å². The first-order valence-electron chi connectivity index (χ1n) is 6.33. The molecule has 5 heteroatoms. The van der Waals surface area contributed by atoms with Crippen LogP contribution in [0.25, 0.3) is 0 Å². The molecule has 0 aromatic heterocycles. The van der Waals surface area contributed by atoms with E-state index in [2.05, 4.69) is 0 Å². The van der Waals surface area contributed by atoms with E-state index in [1.54, 1.807) is 12.1 Å². The average molecular weight is 288 g/mol. The van der Waals surface area contributed by atoms with Crippen molar-refractivity contribution in [1.29, 1.82) is 0 Å². The second-order valence-corrected chi connectivity index (χ2v) is 4.61. The van der Waals surface area contributed by atoms with E-state index in [-0.39, 0.29) is 11.5 Å². The van der Waals surface area contributed by atoms with E-state index in [4.69, 9.17) is 14.2 Å². The van der Waals surface area contributed by atoms with Crippen LogP contribution in [0.15, 0.2) is 36.4 Å². The molecule has 0 saturated carbocycles. The minimum absolute atomic E-state index is 0.116. The zero-order valence-electron chi connectivity index (χ0n) is 12.0. The lowest BCUT2D eigenvalue weighted by Gasteiger charge is -2.08. The SMILES string of the molecule is COc1ccc(OC(=O)Oc2cc(C)cc(C)c2)cc1O. The van der Waals surface area contributed by atoms with Crippen LogP contribution in [0.5, 0.6) is 23.0 Å². The molecule has 2 aromatic carbocycles. The molecule has 0 amide bonds. The van der Waals surface area contributed by atoms with Gasteiger partial charge >= 0.3 is 6.16 Å². The highest BCUT2D eigenvalue weighted by Crippen LogP contribution is 2.30. The van der Waals surface area contributed by atoms with Crippen LogP contribution in [0, 0.1) is 13.8 Å². The first-order chi connectivity index (χ1) is 9.97. The van der Waals surface area contributed by atoms with Crippen molar-refractivity contribution in [2.45, 2.75) is 13.8 Å². The Labute approximate surface area is 122 Å². The number of hydrogen-bond donors (Lipinski definition) is 1. The summed E-state index contributed by atoms with van der Waals surface area (Å²) in [5, 5.41) is 9.61. The van der Waals surface area contributed by atoms with Crippen LogP contribution in [0.4, 0.5) is 4.79 Å². The van der Waals surface area contributed by atoms with Gasteiger partial charge in [-0.15, -0.1) is 0 Å². The molecule has 0 aliphatic rings. The number of carbonyl (C=O) groups excluding carboxylic acids is 1. The van der Waals surface area contributed by atoms with Gasteiger partial charge in [-0.05, 0) is 49.2 Å². The molecule has 0 aliphatic carbocycles. The molecule has 0 heterocycles. The third-order valence-corrected chi connectivity index (χ3v) is 2.75. The minimum atomic E-state index is -0.871. The van der Waals surface area contributed by atoms with Gasteiger partial charge in [-0.3, -0.25) is 0 Å². The molecule has 1 N–H and O–H groups in total. The van der Waals surface area contributed by atoms with E-state index < -0.39 is 6.16 Å². The van der Waals surface area contributed by atoms with Crippen molar-refractivity contribution in [3.05, 3.63) is 47.5 Å². The Morgan fingerprint density at radius 2 is 1.57 bits per heavy atom. The molecule has 0 unspecified atom stereocenters. The molecular formula is C16H16O5. The Balaban J connectivity index is 2.06. The first-order valence-corrected chi connectivity index (χ1v) is 6.33. The third-order valence-electron chi connectivity index (χ3n) is 2.75. The Morgan fingerprint density at radius 1 is 0.952 bits per heavy atom. The first kappa shape index (κ1) is 14.7. The van der Waals surface area contributed by atoms with Crippen molar-refractivity contribution in [2.24, 2.45) is 0 Å². The Kier molecular flexibility index (Phi) is 4.33. The third kappa shape index (κ3) is 3.89. The van der Waals surface area contributed by atoms with Gasteiger partial charge < -0.3 is 19.3 Å². The van der Waals surface area contributed by atoms with Crippen molar-refractivity contribution >= 4 is 6.16 Å². The highest BCUT2D eigenvalue weighted by Gasteiger charge is 2.11. The van der Waals surface area contributed by atoms with Crippen LogP contribution in [-0.2, 0) is 0 Å². The fourth-order valence-electron chi connectivity index (χ4n) is 1.94. The number of rotatable bonds is 3. The molecule has 0 spiro atoms. The van der Waals surface area contributed by atoms with Crippen molar-refractivity contribution in [3.8, 4) is 23.0 Å². The Hall–Kier alpha value is -2.69. The van der Waals surface area contributed by atoms with E-state index in [9.17, 15) is 9.90 Å². The molecule has 21 heavy (non-hydrogen) atoms. The van der Waals surface area contributed by atoms with Crippen LogP contribution < -0.4 is 14.2 Å². The van der Waals surface area contributed by atoms with Gasteiger partial charge in [0.15, 0.2) is 11.5 Å². The summed E-state index contributed by atoms with van der Waals surface area (Å²) in [6, 6.07) is 9.72. The van der Waals surface area contributed by atoms with E-state index in [0.717, 1.165) is 11.1 Å². The monoisotopic (exact) mass is 288 g/mol. The van der Waals surface area contributed by atoms with Crippen LogP contribution >= 0.6 is 0 Å². The standard InChI is InChI=1S/C16H16O5/c1-10-6-11(2)8-13(7-10)21-16(18)20-12-4-5-15(19-3)14(17)9-12/h4-9,17H,1-3H3. The fraction of sp³-hybridized carbons (Fsp3) is 0.188. The zero-order chi connectivity index (χ0) is 15.4. The zero-order valence-corrected chi connectivity index (χ0v) is 12.0. The fourth-order valence-corrected chi connectivity index (χ4v) is 1.94. The maximum Gasteiger partial charge on any atom is 0.519 e. The van der Waals surface area contributed by atoms with Gasteiger partial charge in [-0.25, -0.2) is 4.79 Å². The van der Waals surface area contributed by atoms with E-state index >= 15 is 0 Å². The summed E-state index contributed by atoms with van der Waals surface area (Å²) in [6.45, 7) is 3.82. The number of benzene rings is 2. The molecule has 0 radical (unpaired) electrons. The summed E-state index contributed by atoms with van der Waals surface area (Å²) < 4.78 is 15.0. The Morgan fingerprint density at radius 3 is 2.14 bits per heavy atom. The maximum atomic E-state index is 11.7. The molecule has 2 rings (SSSR count). The summed E-state index contributed by atoms with van der Waals surface area (Å²) in [4.78, 5) is 11.7. The van der Waals surface area contributed by atoms with Gasteiger partial charge in [0.05, 0.1) is 7.11 Å². The number of methoxy groups -OCH3 is 1. The number of phenols is 1. The van der Waals surface area contributed by atoms with E-state index in [0.29, 0.717) is 11.5 Å². The molecule has 2 aromatic rings. The largest absolute Gasteiger partial charge is 0.519 e. The lowest BCUT2D eigenvalue weighted by molar-refractivity contribution is 0.151. The van der Waals surface area contributed by atoms with Crippen molar-refractivity contribution < 1.29 is 24.1 Å². The molecule has 0 bridgehead atoms. The van der Waals surface area contributed by atoms with Gasteiger partial charge in [0, 0.05) is 6.07 Å². The average Bonchev–Trinajstić information content (AvgIpc) is 2.37. The minimum Gasteiger partial charge on any atom is -0.504 e. The molecule has 0 aliphatic heterocycles. The second kappa shape index (κ2) is 6.17. The predicted octanol–water partition coefficient (Wildman–Crippen LogP) is 3.60. The summed E-state index contributed by atoms with van der Waals surface area (Å²) >= 11 is 0. The quantitative estimate of drug-likeness (QED) is 0.690. The number of aryl methyl sites for hydroxylation is 2. The van der Waals surface area contributed by atoms with Crippen LogP contribution in [0.2, 0.25) is 0 Å².